The molecule has 3 aromatic heterocycles. The minimum Gasteiger partial charge on any atom is -0.400 e. The molecule has 3 heterocycles. The summed E-state index contributed by atoms with van der Waals surface area (Å²) in [7, 11) is 1.00. The van der Waals surface area contributed by atoms with Crippen molar-refractivity contribution in [3.8, 4) is 11.4 Å². The Hall–Kier alpha value is -2.80. The van der Waals surface area contributed by atoms with Gasteiger partial charge < -0.3 is 20.2 Å². The van der Waals surface area contributed by atoms with E-state index < -0.39 is 0 Å². The van der Waals surface area contributed by atoms with Crippen molar-refractivity contribution in [1.82, 2.24) is 19.9 Å². The number of hydrogen-bond donors (Lipinski definition) is 3. The van der Waals surface area contributed by atoms with E-state index in [9.17, 15) is 4.79 Å². The van der Waals surface area contributed by atoms with Crippen LogP contribution in [0.4, 0.5) is 5.82 Å². The number of hydrogen-bond acceptors (Lipinski definition) is 6. The normalized spacial score (nSPS) is 10.7. The molecule has 0 amide bonds. The van der Waals surface area contributed by atoms with Gasteiger partial charge in [-0.05, 0) is 25.1 Å². The van der Waals surface area contributed by atoms with E-state index in [0.717, 1.165) is 30.0 Å². The van der Waals surface area contributed by atoms with Gasteiger partial charge in [-0.2, -0.15) is 0 Å². The van der Waals surface area contributed by atoms with Gasteiger partial charge in [0.15, 0.2) is 5.82 Å². The third-order valence-electron chi connectivity index (χ3n) is 2.93. The van der Waals surface area contributed by atoms with Gasteiger partial charge in [0, 0.05) is 36.7 Å². The fraction of sp³-hybridized carbons (Fsp3) is 0.294. The van der Waals surface area contributed by atoms with Crippen molar-refractivity contribution in [1.29, 1.82) is 0 Å². The number of aliphatic hydroxyl groups excluding tert-OH is 1. The molecule has 0 unspecified atom stereocenters. The molecule has 0 radical (unpaired) electrons. The Kier molecular flexibility index (Phi) is 8.07. The third-order valence-corrected chi connectivity index (χ3v) is 2.93. The van der Waals surface area contributed by atoms with Crippen molar-refractivity contribution in [3.05, 3.63) is 36.8 Å². The zero-order chi connectivity index (χ0) is 17.9. The van der Waals surface area contributed by atoms with E-state index in [1.807, 2.05) is 32.2 Å². The first-order chi connectivity index (χ1) is 11.8. The first-order valence-electron chi connectivity index (χ1n) is 7.70. The van der Waals surface area contributed by atoms with Crippen molar-refractivity contribution in [2.24, 2.45) is 0 Å². The molecule has 0 fully saturated rings. The van der Waals surface area contributed by atoms with Crippen LogP contribution in [0.5, 0.6) is 0 Å². The smallest absolute Gasteiger partial charge is 0.163 e. The number of aliphatic hydroxyl groups is 1. The monoisotopic (exact) mass is 329 g/mol. The molecule has 7 heteroatoms. The quantitative estimate of drug-likeness (QED) is 0.636. The van der Waals surface area contributed by atoms with Crippen LogP contribution in [0.15, 0.2) is 36.8 Å². The molecule has 1 atom stereocenters. The standard InChI is InChI=1S/C14H13N5O.C2H6.CH4O/c1-9(8-20)18-12-4-6-16-14(19-12)11-7-17-13-10(11)3-2-5-15-13;2*1-2/h2-9H,1H3,(H,15,17)(H,16,18,19);1-2H3;2H,1H3/t9-;;/m0../s1. The summed E-state index contributed by atoms with van der Waals surface area (Å²) in [5.74, 6) is 1.21. The van der Waals surface area contributed by atoms with E-state index in [1.165, 1.54) is 0 Å². The molecule has 7 nitrogen and oxygen atoms in total. The Morgan fingerprint density at radius 3 is 2.67 bits per heavy atom. The van der Waals surface area contributed by atoms with Crippen molar-refractivity contribution >= 4 is 23.1 Å². The van der Waals surface area contributed by atoms with Crippen LogP contribution in [-0.2, 0) is 4.79 Å². The molecule has 3 aromatic rings. The average molecular weight is 329 g/mol. The lowest BCUT2D eigenvalue weighted by Crippen LogP contribution is -2.17. The number of H-pyrrole nitrogens is 1. The second-order valence-corrected chi connectivity index (χ2v) is 4.44. The van der Waals surface area contributed by atoms with Crippen molar-refractivity contribution in [3.63, 3.8) is 0 Å². The number of anilines is 1. The molecule has 0 saturated heterocycles. The van der Waals surface area contributed by atoms with E-state index >= 15 is 0 Å². The highest BCUT2D eigenvalue weighted by molar-refractivity contribution is 5.91. The summed E-state index contributed by atoms with van der Waals surface area (Å²) in [6.45, 7) is 5.77. The lowest BCUT2D eigenvalue weighted by atomic mass is 10.2. The molecule has 0 bridgehead atoms. The van der Waals surface area contributed by atoms with Crippen LogP contribution in [0.25, 0.3) is 22.4 Å². The van der Waals surface area contributed by atoms with E-state index in [1.54, 1.807) is 25.4 Å². The molecular formula is C17H23N5O2. The maximum Gasteiger partial charge on any atom is 0.163 e. The molecule has 0 aliphatic rings. The number of nitrogens with zero attached hydrogens (tertiary/aromatic N) is 3. The van der Waals surface area contributed by atoms with Crippen molar-refractivity contribution in [2.45, 2.75) is 26.8 Å². The number of aromatic amines is 1. The number of aldehydes is 1. The molecule has 0 aliphatic heterocycles. The summed E-state index contributed by atoms with van der Waals surface area (Å²) in [5, 5.41) is 11.0. The van der Waals surface area contributed by atoms with Crippen LogP contribution in [0.2, 0.25) is 0 Å². The zero-order valence-electron chi connectivity index (χ0n) is 14.3. The van der Waals surface area contributed by atoms with Crippen LogP contribution in [0, 0.1) is 0 Å². The summed E-state index contributed by atoms with van der Waals surface area (Å²) in [6, 6.07) is 5.28. The lowest BCUT2D eigenvalue weighted by molar-refractivity contribution is -0.108. The Labute approximate surface area is 141 Å². The fourth-order valence-electron chi connectivity index (χ4n) is 1.98. The number of carbonyl (C=O) groups excluding carboxylic acids is 1. The van der Waals surface area contributed by atoms with E-state index in [0.29, 0.717) is 11.6 Å². The first-order valence-corrected chi connectivity index (χ1v) is 7.70. The second kappa shape index (κ2) is 10.1. The van der Waals surface area contributed by atoms with E-state index in [-0.39, 0.29) is 6.04 Å². The molecule has 0 saturated carbocycles. The number of rotatable bonds is 4. The van der Waals surface area contributed by atoms with Gasteiger partial charge in [0.25, 0.3) is 0 Å². The Morgan fingerprint density at radius 2 is 1.96 bits per heavy atom. The minimum absolute atomic E-state index is 0.289. The van der Waals surface area contributed by atoms with Gasteiger partial charge >= 0.3 is 0 Å². The van der Waals surface area contributed by atoms with Gasteiger partial charge in [-0.1, -0.05) is 13.8 Å². The summed E-state index contributed by atoms with van der Waals surface area (Å²) >= 11 is 0. The third kappa shape index (κ3) is 4.60. The van der Waals surface area contributed by atoms with Crippen LogP contribution in [0.3, 0.4) is 0 Å². The molecule has 24 heavy (non-hydrogen) atoms. The molecule has 0 aromatic carbocycles. The number of fused-ring (bicyclic) bond motifs is 1. The van der Waals surface area contributed by atoms with Crippen molar-refractivity contribution in [2.75, 3.05) is 12.4 Å². The molecule has 3 rings (SSSR count). The highest BCUT2D eigenvalue weighted by Gasteiger charge is 2.10. The Balaban J connectivity index is 0.000000671. The molecule has 0 aliphatic carbocycles. The highest BCUT2D eigenvalue weighted by atomic mass is 16.2. The minimum atomic E-state index is -0.289. The largest absolute Gasteiger partial charge is 0.400 e. The van der Waals surface area contributed by atoms with Crippen LogP contribution >= 0.6 is 0 Å². The molecular weight excluding hydrogens is 306 g/mol. The van der Waals surface area contributed by atoms with Gasteiger partial charge in [0.2, 0.25) is 0 Å². The Morgan fingerprint density at radius 1 is 1.21 bits per heavy atom. The Bertz CT molecular complexity index is 757. The predicted octanol–water partition coefficient (Wildman–Crippen LogP) is 2.65. The maximum absolute atomic E-state index is 10.7. The summed E-state index contributed by atoms with van der Waals surface area (Å²) in [4.78, 5) is 26.7. The van der Waals surface area contributed by atoms with Gasteiger partial charge in [0.1, 0.15) is 17.8 Å². The van der Waals surface area contributed by atoms with Gasteiger partial charge in [-0.25, -0.2) is 15.0 Å². The van der Waals surface area contributed by atoms with E-state index in [2.05, 4.69) is 25.3 Å². The fourth-order valence-corrected chi connectivity index (χ4v) is 1.98. The second-order valence-electron chi connectivity index (χ2n) is 4.44. The topological polar surface area (TPSA) is 104 Å². The van der Waals surface area contributed by atoms with Gasteiger partial charge in [0.05, 0.1) is 6.04 Å². The van der Waals surface area contributed by atoms with Crippen molar-refractivity contribution < 1.29 is 9.90 Å². The molecule has 3 N–H and O–H groups in total. The highest BCUT2D eigenvalue weighted by Crippen LogP contribution is 2.25. The summed E-state index contributed by atoms with van der Waals surface area (Å²) < 4.78 is 0. The van der Waals surface area contributed by atoms with Crippen LogP contribution < -0.4 is 5.32 Å². The van der Waals surface area contributed by atoms with Gasteiger partial charge in [-0.3, -0.25) is 0 Å². The van der Waals surface area contributed by atoms with Gasteiger partial charge in [-0.15, -0.1) is 0 Å². The average Bonchev–Trinajstić information content (AvgIpc) is 3.09. The van der Waals surface area contributed by atoms with Crippen LogP contribution in [0.1, 0.15) is 20.8 Å². The SMILES string of the molecule is CC.CO.C[C@@H](C=O)Nc1ccnc(-c2c[nH]c3ncccc23)n1. The number of nitrogens with one attached hydrogen (secondary N) is 2. The number of pyridine rings is 1. The predicted molar refractivity (Wildman–Crippen MR) is 95.8 cm³/mol. The first kappa shape index (κ1) is 19.2. The van der Waals surface area contributed by atoms with E-state index in [4.69, 9.17) is 5.11 Å². The zero-order valence-corrected chi connectivity index (χ0v) is 14.3. The summed E-state index contributed by atoms with van der Waals surface area (Å²) in [6.07, 6.45) is 6.06. The lowest BCUT2D eigenvalue weighted by Gasteiger charge is -2.08. The van der Waals surface area contributed by atoms with Crippen LogP contribution in [-0.4, -0.2) is 44.5 Å². The number of carbonyl (C=O) groups is 1. The number of aromatic nitrogens is 4. The molecule has 128 valence electrons. The maximum atomic E-state index is 10.7. The summed E-state index contributed by atoms with van der Waals surface area (Å²) in [5.41, 5.74) is 1.68. The molecule has 0 spiro atoms.